The van der Waals surface area contributed by atoms with Gasteiger partial charge in [0.25, 0.3) is 0 Å². The van der Waals surface area contributed by atoms with E-state index in [1.165, 1.54) is 0 Å². The second kappa shape index (κ2) is 4.49. The summed E-state index contributed by atoms with van der Waals surface area (Å²) in [6.07, 6.45) is 0. The Labute approximate surface area is 98.6 Å². The van der Waals surface area contributed by atoms with Crippen LogP contribution in [-0.4, -0.2) is 9.97 Å². The molecule has 0 saturated heterocycles. The van der Waals surface area contributed by atoms with E-state index >= 15 is 0 Å². The predicted molar refractivity (Wildman–Crippen MR) is 68.1 cm³/mol. The maximum Gasteiger partial charge on any atom is 0.136 e. The monoisotopic (exact) mass is 234 g/mol. The zero-order valence-corrected chi connectivity index (χ0v) is 10.1. The van der Waals surface area contributed by atoms with Gasteiger partial charge in [0.05, 0.1) is 5.69 Å². The van der Waals surface area contributed by atoms with Crippen molar-refractivity contribution in [3.8, 4) is 0 Å². The number of nitrogen functional groups attached to an aromatic ring is 1. The summed E-state index contributed by atoms with van der Waals surface area (Å²) in [6.45, 7) is 4.09. The smallest absolute Gasteiger partial charge is 0.136 e. The molecule has 0 bridgehead atoms. The van der Waals surface area contributed by atoms with Crippen LogP contribution in [0.2, 0.25) is 0 Å². The molecule has 0 atom stereocenters. The van der Waals surface area contributed by atoms with Crippen LogP contribution in [0.4, 0.5) is 17.3 Å². The molecule has 2 heterocycles. The molecule has 16 heavy (non-hydrogen) atoms. The average molecular weight is 234 g/mol. The SMILES string of the molecule is CC(C)c1nc(N)cc(Nc2ccsc2)n1. The molecular formula is C11H14N4S. The topological polar surface area (TPSA) is 63.8 Å². The molecule has 5 heteroatoms. The third-order valence-electron chi connectivity index (χ3n) is 2.07. The Bertz CT molecular complexity index is 465. The number of aromatic nitrogens is 2. The first kappa shape index (κ1) is 10.9. The minimum absolute atomic E-state index is 0.270. The van der Waals surface area contributed by atoms with E-state index in [-0.39, 0.29) is 5.92 Å². The summed E-state index contributed by atoms with van der Waals surface area (Å²) in [7, 11) is 0. The van der Waals surface area contributed by atoms with Crippen LogP contribution in [0.5, 0.6) is 0 Å². The number of nitrogens with one attached hydrogen (secondary N) is 1. The zero-order chi connectivity index (χ0) is 11.5. The first-order chi connectivity index (χ1) is 7.65. The number of hydrogen-bond donors (Lipinski definition) is 2. The van der Waals surface area contributed by atoms with Crippen LogP contribution in [0.1, 0.15) is 25.6 Å². The minimum atomic E-state index is 0.270. The van der Waals surface area contributed by atoms with Gasteiger partial charge >= 0.3 is 0 Å². The third-order valence-corrected chi connectivity index (χ3v) is 2.76. The Balaban J connectivity index is 2.27. The molecule has 0 aliphatic carbocycles. The van der Waals surface area contributed by atoms with Crippen molar-refractivity contribution in [1.82, 2.24) is 9.97 Å². The van der Waals surface area contributed by atoms with Crippen LogP contribution in [0, 0.1) is 0 Å². The van der Waals surface area contributed by atoms with Gasteiger partial charge in [0, 0.05) is 17.4 Å². The van der Waals surface area contributed by atoms with Crippen molar-refractivity contribution in [2.75, 3.05) is 11.1 Å². The van der Waals surface area contributed by atoms with Crippen molar-refractivity contribution < 1.29 is 0 Å². The van der Waals surface area contributed by atoms with Crippen molar-refractivity contribution >= 4 is 28.7 Å². The van der Waals surface area contributed by atoms with Gasteiger partial charge in [0.1, 0.15) is 17.5 Å². The van der Waals surface area contributed by atoms with Gasteiger partial charge < -0.3 is 11.1 Å². The van der Waals surface area contributed by atoms with Crippen molar-refractivity contribution in [2.45, 2.75) is 19.8 Å². The van der Waals surface area contributed by atoms with E-state index in [0.29, 0.717) is 5.82 Å². The van der Waals surface area contributed by atoms with Crippen LogP contribution in [0.3, 0.4) is 0 Å². The molecule has 4 nitrogen and oxygen atoms in total. The summed E-state index contributed by atoms with van der Waals surface area (Å²) in [4.78, 5) is 8.60. The molecular weight excluding hydrogens is 220 g/mol. The van der Waals surface area contributed by atoms with E-state index in [1.807, 2.05) is 30.7 Å². The highest BCUT2D eigenvalue weighted by molar-refractivity contribution is 7.08. The lowest BCUT2D eigenvalue weighted by Gasteiger charge is -2.08. The fourth-order valence-corrected chi connectivity index (χ4v) is 1.88. The van der Waals surface area contributed by atoms with E-state index < -0.39 is 0 Å². The summed E-state index contributed by atoms with van der Waals surface area (Å²) >= 11 is 1.64. The summed E-state index contributed by atoms with van der Waals surface area (Å²) < 4.78 is 0. The Kier molecular flexibility index (Phi) is 3.05. The third kappa shape index (κ3) is 2.49. The van der Waals surface area contributed by atoms with Gasteiger partial charge in [-0.05, 0) is 11.4 Å². The second-order valence-corrected chi connectivity index (χ2v) is 4.61. The largest absolute Gasteiger partial charge is 0.384 e. The lowest BCUT2D eigenvalue weighted by Crippen LogP contribution is -2.04. The molecule has 2 rings (SSSR count). The van der Waals surface area contributed by atoms with E-state index in [4.69, 9.17) is 5.73 Å². The van der Waals surface area contributed by atoms with E-state index in [0.717, 1.165) is 17.3 Å². The number of hydrogen-bond acceptors (Lipinski definition) is 5. The fraction of sp³-hybridized carbons (Fsp3) is 0.273. The molecule has 2 aromatic heterocycles. The lowest BCUT2D eigenvalue weighted by atomic mass is 10.2. The Hall–Kier alpha value is -1.62. The molecule has 3 N–H and O–H groups in total. The minimum Gasteiger partial charge on any atom is -0.384 e. The molecule has 0 fully saturated rings. The highest BCUT2D eigenvalue weighted by Crippen LogP contribution is 2.20. The first-order valence-electron chi connectivity index (χ1n) is 5.09. The van der Waals surface area contributed by atoms with Crippen LogP contribution in [-0.2, 0) is 0 Å². The number of nitrogens with zero attached hydrogens (tertiary/aromatic N) is 2. The quantitative estimate of drug-likeness (QED) is 0.857. The second-order valence-electron chi connectivity index (χ2n) is 3.83. The maximum atomic E-state index is 5.74. The van der Waals surface area contributed by atoms with Gasteiger partial charge in [-0.15, -0.1) is 0 Å². The van der Waals surface area contributed by atoms with Gasteiger partial charge in [-0.25, -0.2) is 9.97 Å². The van der Waals surface area contributed by atoms with Crippen LogP contribution in [0.25, 0.3) is 0 Å². The number of thiophene rings is 1. The van der Waals surface area contributed by atoms with Gasteiger partial charge in [-0.3, -0.25) is 0 Å². The predicted octanol–water partition coefficient (Wildman–Crippen LogP) is 2.99. The number of anilines is 3. The number of nitrogens with two attached hydrogens (primary N) is 1. The van der Waals surface area contributed by atoms with E-state index in [1.54, 1.807) is 17.4 Å². The Morgan fingerprint density at radius 3 is 2.81 bits per heavy atom. The van der Waals surface area contributed by atoms with Gasteiger partial charge in [0.15, 0.2) is 0 Å². The van der Waals surface area contributed by atoms with Crippen LogP contribution in [0.15, 0.2) is 22.9 Å². The fourth-order valence-electron chi connectivity index (χ4n) is 1.29. The summed E-state index contributed by atoms with van der Waals surface area (Å²) in [5.74, 6) is 2.27. The highest BCUT2D eigenvalue weighted by Gasteiger charge is 2.06. The maximum absolute atomic E-state index is 5.74. The van der Waals surface area contributed by atoms with Crippen LogP contribution >= 0.6 is 11.3 Å². The normalized spacial score (nSPS) is 10.7. The summed E-state index contributed by atoms with van der Waals surface area (Å²) in [5.41, 5.74) is 6.76. The molecule has 0 aliphatic rings. The van der Waals surface area contributed by atoms with Crippen molar-refractivity contribution in [2.24, 2.45) is 0 Å². The average Bonchev–Trinajstić information content (AvgIpc) is 2.69. The Morgan fingerprint density at radius 2 is 2.19 bits per heavy atom. The molecule has 0 saturated carbocycles. The summed E-state index contributed by atoms with van der Waals surface area (Å²) in [6, 6.07) is 3.74. The standard InChI is InChI=1S/C11H14N4S/c1-7(2)11-14-9(12)5-10(15-11)13-8-3-4-16-6-8/h3-7H,1-2H3,(H3,12,13,14,15). The van der Waals surface area contributed by atoms with Crippen molar-refractivity contribution in [3.63, 3.8) is 0 Å². The van der Waals surface area contributed by atoms with Gasteiger partial charge in [-0.1, -0.05) is 13.8 Å². The lowest BCUT2D eigenvalue weighted by molar-refractivity contribution is 0.779. The van der Waals surface area contributed by atoms with Crippen molar-refractivity contribution in [3.05, 3.63) is 28.7 Å². The molecule has 2 aromatic rings. The molecule has 0 aromatic carbocycles. The molecule has 0 spiro atoms. The molecule has 0 amide bonds. The molecule has 0 unspecified atom stereocenters. The van der Waals surface area contributed by atoms with E-state index in [2.05, 4.69) is 15.3 Å². The van der Waals surface area contributed by atoms with Crippen LogP contribution < -0.4 is 11.1 Å². The first-order valence-corrected chi connectivity index (χ1v) is 6.03. The molecule has 84 valence electrons. The highest BCUT2D eigenvalue weighted by atomic mass is 32.1. The van der Waals surface area contributed by atoms with Gasteiger partial charge in [-0.2, -0.15) is 11.3 Å². The summed E-state index contributed by atoms with van der Waals surface area (Å²) in [5, 5.41) is 7.23. The molecule has 0 aliphatic heterocycles. The van der Waals surface area contributed by atoms with Gasteiger partial charge in [0.2, 0.25) is 0 Å². The Morgan fingerprint density at radius 1 is 1.38 bits per heavy atom. The van der Waals surface area contributed by atoms with Crippen molar-refractivity contribution in [1.29, 1.82) is 0 Å². The zero-order valence-electron chi connectivity index (χ0n) is 9.27. The van der Waals surface area contributed by atoms with E-state index in [9.17, 15) is 0 Å². The molecule has 0 radical (unpaired) electrons. The number of rotatable bonds is 3.